The molecule has 0 bridgehead atoms. The summed E-state index contributed by atoms with van der Waals surface area (Å²) in [6.07, 6.45) is 0.499. The molecule has 22 heavy (non-hydrogen) atoms. The second-order valence-corrected chi connectivity index (χ2v) is 7.57. The lowest BCUT2D eigenvalue weighted by Gasteiger charge is -2.32. The molecule has 0 N–H and O–H groups in total. The predicted octanol–water partition coefficient (Wildman–Crippen LogP) is 4.54. The maximum absolute atomic E-state index is 15.0. The van der Waals surface area contributed by atoms with Crippen molar-refractivity contribution >= 4 is 28.6 Å². The molecule has 1 aromatic rings. The highest BCUT2D eigenvalue weighted by molar-refractivity contribution is 9.10. The van der Waals surface area contributed by atoms with Crippen molar-refractivity contribution in [3.63, 3.8) is 0 Å². The van der Waals surface area contributed by atoms with E-state index in [1.165, 1.54) is 0 Å². The van der Waals surface area contributed by atoms with Gasteiger partial charge in [0.05, 0.1) is 17.8 Å². The van der Waals surface area contributed by atoms with Crippen LogP contribution in [0.5, 0.6) is 5.75 Å². The van der Waals surface area contributed by atoms with Crippen molar-refractivity contribution in [3.05, 3.63) is 34.0 Å². The first-order valence-corrected chi connectivity index (χ1v) is 8.17. The zero-order valence-corrected chi connectivity index (χ0v) is 14.8. The number of halogens is 2. The van der Waals surface area contributed by atoms with E-state index >= 15 is 4.39 Å². The van der Waals surface area contributed by atoms with Gasteiger partial charge in [0.15, 0.2) is 0 Å². The standard InChI is InChI=1S/C16H19BBrFO3/c1-15(2)16(3,4)22-17(21-15)14(19)11-7-8-20-13-6-5-10(18)9-12(11)13/h5-6,9H,7-8H2,1-4H3. The van der Waals surface area contributed by atoms with Gasteiger partial charge in [-0.1, -0.05) is 15.9 Å². The Labute approximate surface area is 139 Å². The highest BCUT2D eigenvalue weighted by Crippen LogP contribution is 2.43. The van der Waals surface area contributed by atoms with Crippen LogP contribution in [0.3, 0.4) is 0 Å². The molecule has 3 nitrogen and oxygen atoms in total. The minimum absolute atomic E-state index is 0.360. The lowest BCUT2D eigenvalue weighted by Crippen LogP contribution is -2.41. The van der Waals surface area contributed by atoms with Gasteiger partial charge >= 0.3 is 7.12 Å². The summed E-state index contributed by atoms with van der Waals surface area (Å²) in [6, 6.07) is 5.60. The fraction of sp³-hybridized carbons (Fsp3) is 0.500. The molecule has 2 aliphatic rings. The molecule has 3 rings (SSSR count). The van der Waals surface area contributed by atoms with E-state index in [-0.39, 0.29) is 5.73 Å². The van der Waals surface area contributed by atoms with E-state index in [2.05, 4.69) is 15.9 Å². The van der Waals surface area contributed by atoms with Gasteiger partial charge in [-0.2, -0.15) is 0 Å². The second-order valence-electron chi connectivity index (χ2n) is 6.65. The van der Waals surface area contributed by atoms with Gasteiger partial charge in [0.2, 0.25) is 0 Å². The van der Waals surface area contributed by atoms with Gasteiger partial charge in [-0.25, -0.2) is 4.39 Å². The van der Waals surface area contributed by atoms with Crippen LogP contribution in [0, 0.1) is 0 Å². The molecule has 1 aromatic carbocycles. The third-order valence-corrected chi connectivity index (χ3v) is 5.12. The molecule has 0 aromatic heterocycles. The summed E-state index contributed by atoms with van der Waals surface area (Å²) in [4.78, 5) is 0. The normalized spacial score (nSPS) is 24.7. The Morgan fingerprint density at radius 1 is 1.18 bits per heavy atom. The third kappa shape index (κ3) is 2.61. The van der Waals surface area contributed by atoms with Gasteiger partial charge < -0.3 is 14.0 Å². The molecule has 0 amide bonds. The average Bonchev–Trinajstić information content (AvgIpc) is 2.66. The van der Waals surface area contributed by atoms with Crippen LogP contribution in [-0.4, -0.2) is 24.9 Å². The number of fused-ring (bicyclic) bond motifs is 1. The van der Waals surface area contributed by atoms with E-state index in [1.807, 2.05) is 45.9 Å². The molecule has 0 saturated carbocycles. The van der Waals surface area contributed by atoms with Crippen molar-refractivity contribution in [2.24, 2.45) is 0 Å². The molecule has 0 aliphatic carbocycles. The zero-order valence-electron chi connectivity index (χ0n) is 13.2. The minimum Gasteiger partial charge on any atom is -0.493 e. The lowest BCUT2D eigenvalue weighted by atomic mass is 9.81. The molecule has 0 spiro atoms. The highest BCUT2D eigenvalue weighted by atomic mass is 79.9. The first kappa shape index (κ1) is 16.0. The van der Waals surface area contributed by atoms with Gasteiger partial charge in [0.25, 0.3) is 0 Å². The summed E-state index contributed by atoms with van der Waals surface area (Å²) in [7, 11) is -0.968. The Bertz CT molecular complexity index is 626. The Balaban J connectivity index is 2.01. The van der Waals surface area contributed by atoms with Crippen molar-refractivity contribution in [2.75, 3.05) is 6.61 Å². The first-order chi connectivity index (χ1) is 10.2. The van der Waals surface area contributed by atoms with Crippen molar-refractivity contribution in [1.82, 2.24) is 0 Å². The maximum Gasteiger partial charge on any atom is 0.525 e. The number of benzene rings is 1. The van der Waals surface area contributed by atoms with E-state index in [0.29, 0.717) is 24.4 Å². The summed E-state index contributed by atoms with van der Waals surface area (Å²) in [5.41, 5.74) is -0.114. The minimum atomic E-state index is -0.968. The fourth-order valence-corrected chi connectivity index (χ4v) is 2.96. The summed E-state index contributed by atoms with van der Waals surface area (Å²) in [5, 5.41) is 0. The van der Waals surface area contributed by atoms with E-state index in [9.17, 15) is 0 Å². The quantitative estimate of drug-likeness (QED) is 0.681. The predicted molar refractivity (Wildman–Crippen MR) is 88.4 cm³/mol. The van der Waals surface area contributed by atoms with Crippen LogP contribution in [0.1, 0.15) is 39.7 Å². The van der Waals surface area contributed by atoms with Gasteiger partial charge in [-0.05, 0) is 51.5 Å². The molecule has 118 valence electrons. The Morgan fingerprint density at radius 2 is 1.82 bits per heavy atom. The Morgan fingerprint density at radius 3 is 2.45 bits per heavy atom. The molecule has 1 saturated heterocycles. The number of ether oxygens (including phenoxy) is 1. The highest BCUT2D eigenvalue weighted by Gasteiger charge is 2.53. The third-order valence-electron chi connectivity index (χ3n) is 4.62. The summed E-state index contributed by atoms with van der Waals surface area (Å²) in [5.74, 6) is 0.691. The summed E-state index contributed by atoms with van der Waals surface area (Å²) >= 11 is 3.42. The fourth-order valence-electron chi connectivity index (χ4n) is 2.60. The SMILES string of the molecule is CC1(C)OB(C(F)=C2CCOc3ccc(Br)cc32)OC1(C)C. The van der Waals surface area contributed by atoms with Crippen LogP contribution < -0.4 is 4.74 Å². The van der Waals surface area contributed by atoms with E-state index in [4.69, 9.17) is 14.0 Å². The Kier molecular flexibility index (Phi) is 3.90. The molecule has 6 heteroatoms. The van der Waals surface area contributed by atoms with E-state index < -0.39 is 18.3 Å². The van der Waals surface area contributed by atoms with Gasteiger partial charge in [0.1, 0.15) is 11.5 Å². The van der Waals surface area contributed by atoms with Crippen LogP contribution in [0.4, 0.5) is 4.39 Å². The molecule has 1 fully saturated rings. The van der Waals surface area contributed by atoms with Crippen LogP contribution in [0.25, 0.3) is 5.57 Å². The maximum atomic E-state index is 15.0. The van der Waals surface area contributed by atoms with Gasteiger partial charge in [0, 0.05) is 16.5 Å². The first-order valence-electron chi connectivity index (χ1n) is 7.38. The van der Waals surface area contributed by atoms with Crippen molar-refractivity contribution in [1.29, 1.82) is 0 Å². The monoisotopic (exact) mass is 368 g/mol. The topological polar surface area (TPSA) is 27.7 Å². The largest absolute Gasteiger partial charge is 0.525 e. The van der Waals surface area contributed by atoms with Crippen molar-refractivity contribution < 1.29 is 18.4 Å². The van der Waals surface area contributed by atoms with Crippen LogP contribution in [0.15, 0.2) is 28.4 Å². The van der Waals surface area contributed by atoms with Crippen molar-refractivity contribution in [2.45, 2.75) is 45.3 Å². The average molecular weight is 369 g/mol. The summed E-state index contributed by atoms with van der Waals surface area (Å²) in [6.45, 7) is 8.12. The number of hydrogen-bond acceptors (Lipinski definition) is 3. The molecular weight excluding hydrogens is 350 g/mol. The molecule has 0 atom stereocenters. The van der Waals surface area contributed by atoms with Gasteiger partial charge in [-0.15, -0.1) is 0 Å². The van der Waals surface area contributed by atoms with E-state index in [1.54, 1.807) is 0 Å². The Hall–Kier alpha value is -0.845. The number of rotatable bonds is 1. The molecule has 2 aliphatic heterocycles. The molecular formula is C16H19BBrFO3. The van der Waals surface area contributed by atoms with Crippen LogP contribution in [0.2, 0.25) is 0 Å². The molecule has 2 heterocycles. The molecule has 0 unspecified atom stereocenters. The second kappa shape index (κ2) is 5.36. The molecule has 0 radical (unpaired) electrons. The van der Waals surface area contributed by atoms with Crippen LogP contribution in [-0.2, 0) is 9.31 Å². The van der Waals surface area contributed by atoms with E-state index in [0.717, 1.165) is 10.0 Å². The number of hydrogen-bond donors (Lipinski definition) is 0. The summed E-state index contributed by atoms with van der Waals surface area (Å²) < 4.78 is 33.2. The van der Waals surface area contributed by atoms with Crippen molar-refractivity contribution in [3.8, 4) is 5.75 Å². The smallest absolute Gasteiger partial charge is 0.493 e. The van der Waals surface area contributed by atoms with Crippen LogP contribution >= 0.6 is 15.9 Å². The van der Waals surface area contributed by atoms with Gasteiger partial charge in [-0.3, -0.25) is 0 Å². The zero-order chi connectivity index (χ0) is 16.1. The lowest BCUT2D eigenvalue weighted by molar-refractivity contribution is 0.00578.